The Kier molecular flexibility index (Phi) is 11.3. The van der Waals surface area contributed by atoms with Crippen molar-refractivity contribution in [3.63, 3.8) is 0 Å². The molecule has 6 heteroatoms. The van der Waals surface area contributed by atoms with Gasteiger partial charge in [-0.2, -0.15) is 0 Å². The molecule has 0 bridgehead atoms. The van der Waals surface area contributed by atoms with Crippen molar-refractivity contribution in [3.8, 4) is 0 Å². The Labute approximate surface area is 200 Å². The number of anilines is 1. The molecule has 0 aromatic heterocycles. The molecule has 1 saturated heterocycles. The maximum atomic E-state index is 5.65. The molecule has 2 N–H and O–H groups in total. The van der Waals surface area contributed by atoms with Crippen LogP contribution in [0.25, 0.3) is 0 Å². The summed E-state index contributed by atoms with van der Waals surface area (Å²) in [6.45, 7) is 11.0. The number of aliphatic imine (C=N–C) groups is 1. The van der Waals surface area contributed by atoms with E-state index in [0.717, 1.165) is 58.3 Å². The van der Waals surface area contributed by atoms with Crippen LogP contribution in [0.4, 0.5) is 5.69 Å². The topological polar surface area (TPSA) is 48.9 Å². The van der Waals surface area contributed by atoms with Gasteiger partial charge >= 0.3 is 0 Å². The molecular formula is C24H41IN4O. The number of halogens is 1. The highest BCUT2D eigenvalue weighted by Gasteiger charge is 2.33. The molecular weight excluding hydrogens is 487 g/mol. The summed E-state index contributed by atoms with van der Waals surface area (Å²) >= 11 is 0. The zero-order valence-electron chi connectivity index (χ0n) is 18.9. The third kappa shape index (κ3) is 7.59. The first-order valence-electron chi connectivity index (χ1n) is 11.6. The fourth-order valence-corrected chi connectivity index (χ4v) is 4.75. The summed E-state index contributed by atoms with van der Waals surface area (Å²) in [6.07, 6.45) is 7.62. The minimum absolute atomic E-state index is 0. The molecule has 1 atom stereocenters. The SMILES string of the molecule is CCNC(=NCC1(CCOCC)CCCC1)NCC1CCN(c2ccccc2)C1.I. The number of benzene rings is 1. The Morgan fingerprint density at radius 1 is 1.17 bits per heavy atom. The summed E-state index contributed by atoms with van der Waals surface area (Å²) < 4.78 is 5.65. The first kappa shape index (κ1) is 25.2. The van der Waals surface area contributed by atoms with E-state index in [-0.39, 0.29) is 24.0 Å². The molecule has 0 radical (unpaired) electrons. The molecule has 1 aliphatic carbocycles. The fraction of sp³-hybridized carbons (Fsp3) is 0.708. The molecule has 1 heterocycles. The van der Waals surface area contributed by atoms with Crippen LogP contribution in [0.3, 0.4) is 0 Å². The standard InChI is InChI=1S/C24H40N4O.HI/c1-3-25-23(27-20-24(13-8-9-14-24)15-17-29-4-2)26-18-21-12-16-28(19-21)22-10-6-5-7-11-22;/h5-7,10-11,21H,3-4,8-9,12-20H2,1-2H3,(H2,25,26,27);1H. The van der Waals surface area contributed by atoms with Crippen LogP contribution in [0.2, 0.25) is 0 Å². The highest BCUT2D eigenvalue weighted by atomic mass is 127. The quantitative estimate of drug-likeness (QED) is 0.201. The lowest BCUT2D eigenvalue weighted by molar-refractivity contribution is 0.107. The van der Waals surface area contributed by atoms with Crippen LogP contribution >= 0.6 is 24.0 Å². The van der Waals surface area contributed by atoms with Gasteiger partial charge < -0.3 is 20.3 Å². The number of ether oxygens (including phenoxy) is 1. The van der Waals surface area contributed by atoms with Gasteiger partial charge in [0.1, 0.15) is 0 Å². The zero-order chi connectivity index (χ0) is 20.4. The van der Waals surface area contributed by atoms with Crippen LogP contribution in [-0.4, -0.2) is 51.9 Å². The Morgan fingerprint density at radius 2 is 1.93 bits per heavy atom. The van der Waals surface area contributed by atoms with Crippen molar-refractivity contribution in [3.05, 3.63) is 30.3 Å². The minimum Gasteiger partial charge on any atom is -0.382 e. The smallest absolute Gasteiger partial charge is 0.191 e. The number of nitrogens with one attached hydrogen (secondary N) is 2. The van der Waals surface area contributed by atoms with Crippen LogP contribution in [-0.2, 0) is 4.74 Å². The molecule has 2 aliphatic rings. The third-order valence-corrected chi connectivity index (χ3v) is 6.53. The summed E-state index contributed by atoms with van der Waals surface area (Å²) in [5, 5.41) is 7.08. The molecule has 1 unspecified atom stereocenters. The Hall–Kier alpha value is -1.02. The molecule has 1 aromatic carbocycles. The molecule has 3 rings (SSSR count). The first-order valence-corrected chi connectivity index (χ1v) is 11.6. The van der Waals surface area contributed by atoms with Gasteiger partial charge in [0, 0.05) is 51.6 Å². The van der Waals surface area contributed by atoms with Gasteiger partial charge in [-0.15, -0.1) is 24.0 Å². The van der Waals surface area contributed by atoms with Crippen LogP contribution in [0.5, 0.6) is 0 Å². The highest BCUT2D eigenvalue weighted by molar-refractivity contribution is 14.0. The van der Waals surface area contributed by atoms with Gasteiger partial charge in [0.2, 0.25) is 0 Å². The van der Waals surface area contributed by atoms with Crippen molar-refractivity contribution in [1.82, 2.24) is 10.6 Å². The lowest BCUT2D eigenvalue weighted by Crippen LogP contribution is -2.41. The molecule has 1 saturated carbocycles. The maximum Gasteiger partial charge on any atom is 0.191 e. The summed E-state index contributed by atoms with van der Waals surface area (Å²) in [5.41, 5.74) is 1.68. The summed E-state index contributed by atoms with van der Waals surface area (Å²) in [5.74, 6) is 1.64. The first-order chi connectivity index (χ1) is 14.2. The van der Waals surface area contributed by atoms with E-state index in [2.05, 4.69) is 59.7 Å². The van der Waals surface area contributed by atoms with Gasteiger partial charge in [-0.3, -0.25) is 4.99 Å². The van der Waals surface area contributed by atoms with E-state index in [0.29, 0.717) is 11.3 Å². The van der Waals surface area contributed by atoms with E-state index >= 15 is 0 Å². The molecule has 30 heavy (non-hydrogen) atoms. The van der Waals surface area contributed by atoms with Crippen molar-refractivity contribution >= 4 is 35.6 Å². The Morgan fingerprint density at radius 3 is 2.63 bits per heavy atom. The second-order valence-electron chi connectivity index (χ2n) is 8.67. The van der Waals surface area contributed by atoms with Crippen molar-refractivity contribution in [1.29, 1.82) is 0 Å². The molecule has 1 aliphatic heterocycles. The van der Waals surface area contributed by atoms with Crippen molar-refractivity contribution in [2.45, 2.75) is 52.4 Å². The van der Waals surface area contributed by atoms with Crippen molar-refractivity contribution in [2.24, 2.45) is 16.3 Å². The molecule has 1 aromatic rings. The Bertz CT molecular complexity index is 619. The number of nitrogens with zero attached hydrogens (tertiary/aromatic N) is 2. The van der Waals surface area contributed by atoms with E-state index < -0.39 is 0 Å². The van der Waals surface area contributed by atoms with E-state index in [1.54, 1.807) is 0 Å². The van der Waals surface area contributed by atoms with Crippen LogP contribution < -0.4 is 15.5 Å². The van der Waals surface area contributed by atoms with Crippen LogP contribution in [0.15, 0.2) is 35.3 Å². The molecule has 5 nitrogen and oxygen atoms in total. The van der Waals surface area contributed by atoms with Crippen molar-refractivity contribution < 1.29 is 4.74 Å². The summed E-state index contributed by atoms with van der Waals surface area (Å²) in [6, 6.07) is 10.8. The van der Waals surface area contributed by atoms with Crippen molar-refractivity contribution in [2.75, 3.05) is 50.8 Å². The number of hydrogen-bond donors (Lipinski definition) is 2. The van der Waals surface area contributed by atoms with Gasteiger partial charge in [-0.25, -0.2) is 0 Å². The monoisotopic (exact) mass is 528 g/mol. The molecule has 170 valence electrons. The number of para-hydroxylation sites is 1. The predicted octanol–water partition coefficient (Wildman–Crippen LogP) is 4.67. The van der Waals surface area contributed by atoms with Gasteiger partial charge in [-0.1, -0.05) is 31.0 Å². The van der Waals surface area contributed by atoms with Gasteiger partial charge in [0.15, 0.2) is 5.96 Å². The van der Waals surface area contributed by atoms with E-state index in [4.69, 9.17) is 9.73 Å². The molecule has 2 fully saturated rings. The third-order valence-electron chi connectivity index (χ3n) is 6.53. The van der Waals surface area contributed by atoms with E-state index in [9.17, 15) is 0 Å². The van der Waals surface area contributed by atoms with Gasteiger partial charge in [0.25, 0.3) is 0 Å². The van der Waals surface area contributed by atoms with E-state index in [1.165, 1.54) is 37.8 Å². The molecule has 0 spiro atoms. The van der Waals surface area contributed by atoms with Gasteiger partial charge in [0.05, 0.1) is 0 Å². The normalized spacial score (nSPS) is 20.8. The second-order valence-corrected chi connectivity index (χ2v) is 8.67. The molecule has 0 amide bonds. The van der Waals surface area contributed by atoms with Gasteiger partial charge in [-0.05, 0) is 63.0 Å². The zero-order valence-corrected chi connectivity index (χ0v) is 21.2. The maximum absolute atomic E-state index is 5.65. The number of guanidine groups is 1. The highest BCUT2D eigenvalue weighted by Crippen LogP contribution is 2.41. The summed E-state index contributed by atoms with van der Waals surface area (Å²) in [7, 11) is 0. The minimum atomic E-state index is 0. The number of hydrogen-bond acceptors (Lipinski definition) is 3. The lowest BCUT2D eigenvalue weighted by Gasteiger charge is -2.27. The second kappa shape index (κ2) is 13.4. The summed E-state index contributed by atoms with van der Waals surface area (Å²) in [4.78, 5) is 7.51. The van der Waals surface area contributed by atoms with Crippen LogP contribution in [0.1, 0.15) is 52.4 Å². The predicted molar refractivity (Wildman–Crippen MR) is 138 cm³/mol. The average molecular weight is 529 g/mol. The Balaban J connectivity index is 0.00000320. The van der Waals surface area contributed by atoms with E-state index in [1.807, 2.05) is 0 Å². The van der Waals surface area contributed by atoms with Crippen LogP contribution in [0, 0.1) is 11.3 Å². The average Bonchev–Trinajstić information content (AvgIpc) is 3.41. The lowest BCUT2D eigenvalue weighted by atomic mass is 9.83. The fourth-order valence-electron chi connectivity index (χ4n) is 4.75. The largest absolute Gasteiger partial charge is 0.382 e. The number of rotatable bonds is 10.